The number of amides is 1. The zero-order valence-electron chi connectivity index (χ0n) is 14.7. The van der Waals surface area contributed by atoms with E-state index in [2.05, 4.69) is 21.5 Å². The fourth-order valence-electron chi connectivity index (χ4n) is 3.65. The quantitative estimate of drug-likeness (QED) is 0.786. The highest BCUT2D eigenvalue weighted by Gasteiger charge is 2.33. The van der Waals surface area contributed by atoms with Crippen LogP contribution in [0.5, 0.6) is 0 Å². The van der Waals surface area contributed by atoms with Crippen molar-refractivity contribution in [3.8, 4) is 0 Å². The standard InChI is InChI=1S/C20H19FN4O/c1-12-4-3-5-14(8-12)11-25-20-19(13(2)24-25)16(9-18(26)23-20)15-6-7-22-10-17(15)21/h3-8,10,16H,9,11H2,1-2H3,(H,23,26). The number of pyridine rings is 1. The number of aryl methyl sites for hydroxylation is 2. The molecule has 1 atom stereocenters. The molecule has 0 saturated heterocycles. The molecule has 5 nitrogen and oxygen atoms in total. The summed E-state index contributed by atoms with van der Waals surface area (Å²) < 4.78 is 16.1. The Hall–Kier alpha value is -3.02. The first-order valence-corrected chi connectivity index (χ1v) is 8.55. The second-order valence-electron chi connectivity index (χ2n) is 6.70. The van der Waals surface area contributed by atoms with Crippen molar-refractivity contribution in [3.63, 3.8) is 0 Å². The van der Waals surface area contributed by atoms with Crippen LogP contribution in [0.4, 0.5) is 10.2 Å². The fourth-order valence-corrected chi connectivity index (χ4v) is 3.65. The molecule has 0 aliphatic carbocycles. The Morgan fingerprint density at radius 3 is 2.92 bits per heavy atom. The number of hydrogen-bond acceptors (Lipinski definition) is 3. The smallest absolute Gasteiger partial charge is 0.226 e. The zero-order chi connectivity index (χ0) is 18.3. The van der Waals surface area contributed by atoms with Crippen LogP contribution in [0.2, 0.25) is 0 Å². The van der Waals surface area contributed by atoms with Crippen LogP contribution < -0.4 is 5.32 Å². The normalized spacial score (nSPS) is 16.3. The highest BCUT2D eigenvalue weighted by atomic mass is 19.1. The first-order valence-electron chi connectivity index (χ1n) is 8.55. The molecule has 1 N–H and O–H groups in total. The molecule has 0 radical (unpaired) electrons. The molecule has 0 fully saturated rings. The van der Waals surface area contributed by atoms with Crippen LogP contribution in [0.3, 0.4) is 0 Å². The van der Waals surface area contributed by atoms with Gasteiger partial charge in [-0.1, -0.05) is 29.8 Å². The number of rotatable bonds is 3. The molecule has 6 heteroatoms. The summed E-state index contributed by atoms with van der Waals surface area (Å²) in [7, 11) is 0. The summed E-state index contributed by atoms with van der Waals surface area (Å²) in [4.78, 5) is 16.1. The van der Waals surface area contributed by atoms with Crippen molar-refractivity contribution in [2.45, 2.75) is 32.7 Å². The molecular formula is C20H19FN4O. The Morgan fingerprint density at radius 2 is 2.15 bits per heavy atom. The molecular weight excluding hydrogens is 331 g/mol. The monoisotopic (exact) mass is 350 g/mol. The van der Waals surface area contributed by atoms with Gasteiger partial charge in [0.25, 0.3) is 0 Å². The van der Waals surface area contributed by atoms with Crippen molar-refractivity contribution in [3.05, 3.63) is 76.5 Å². The van der Waals surface area contributed by atoms with Crippen LogP contribution in [0, 0.1) is 19.7 Å². The molecule has 1 aromatic carbocycles. The van der Waals surface area contributed by atoms with E-state index in [0.717, 1.165) is 16.8 Å². The third-order valence-electron chi connectivity index (χ3n) is 4.76. The first-order chi connectivity index (χ1) is 12.5. The van der Waals surface area contributed by atoms with E-state index in [9.17, 15) is 9.18 Å². The number of anilines is 1. The van der Waals surface area contributed by atoms with Crippen molar-refractivity contribution in [2.75, 3.05) is 5.32 Å². The first kappa shape index (κ1) is 16.4. The van der Waals surface area contributed by atoms with Crippen LogP contribution in [0.15, 0.2) is 42.7 Å². The van der Waals surface area contributed by atoms with E-state index in [-0.39, 0.29) is 18.2 Å². The molecule has 1 amide bonds. The summed E-state index contributed by atoms with van der Waals surface area (Å²) >= 11 is 0. The number of carbonyl (C=O) groups excluding carboxylic acids is 1. The van der Waals surface area contributed by atoms with Gasteiger partial charge in [0.2, 0.25) is 5.91 Å². The summed E-state index contributed by atoms with van der Waals surface area (Å²) in [5.74, 6) is -0.234. The second kappa shape index (κ2) is 6.37. The zero-order valence-corrected chi connectivity index (χ0v) is 14.7. The lowest BCUT2D eigenvalue weighted by molar-refractivity contribution is -0.116. The van der Waals surface area contributed by atoms with Gasteiger partial charge in [-0.25, -0.2) is 9.07 Å². The predicted molar refractivity (Wildman–Crippen MR) is 96.5 cm³/mol. The topological polar surface area (TPSA) is 59.8 Å². The molecule has 3 heterocycles. The van der Waals surface area contributed by atoms with Crippen LogP contribution >= 0.6 is 0 Å². The largest absolute Gasteiger partial charge is 0.311 e. The highest BCUT2D eigenvalue weighted by molar-refractivity contribution is 5.94. The fraction of sp³-hybridized carbons (Fsp3) is 0.250. The molecule has 132 valence electrons. The summed E-state index contributed by atoms with van der Waals surface area (Å²) in [6.07, 6.45) is 2.94. The number of nitrogens with one attached hydrogen (secondary N) is 1. The van der Waals surface area contributed by atoms with E-state index < -0.39 is 5.82 Å². The average Bonchev–Trinajstić information content (AvgIpc) is 2.90. The molecule has 0 spiro atoms. The highest BCUT2D eigenvalue weighted by Crippen LogP contribution is 2.40. The molecule has 2 aromatic heterocycles. The predicted octanol–water partition coefficient (Wildman–Crippen LogP) is 3.56. The van der Waals surface area contributed by atoms with Gasteiger partial charge in [0.1, 0.15) is 11.6 Å². The van der Waals surface area contributed by atoms with E-state index >= 15 is 0 Å². The number of nitrogens with zero attached hydrogens (tertiary/aromatic N) is 3. The summed E-state index contributed by atoms with van der Waals surface area (Å²) in [6.45, 7) is 4.48. The van der Waals surface area contributed by atoms with Crippen molar-refractivity contribution < 1.29 is 9.18 Å². The van der Waals surface area contributed by atoms with Gasteiger partial charge in [-0.15, -0.1) is 0 Å². The second-order valence-corrected chi connectivity index (χ2v) is 6.70. The van der Waals surface area contributed by atoms with Gasteiger partial charge < -0.3 is 5.32 Å². The number of carbonyl (C=O) groups is 1. The SMILES string of the molecule is Cc1cccc(Cn2nc(C)c3c2NC(=O)CC3c2ccncc2F)c1. The third-order valence-corrected chi connectivity index (χ3v) is 4.76. The Kier molecular flexibility index (Phi) is 4.03. The Morgan fingerprint density at radius 1 is 1.31 bits per heavy atom. The van der Waals surface area contributed by atoms with E-state index in [1.54, 1.807) is 16.9 Å². The van der Waals surface area contributed by atoms with Crippen LogP contribution in [0.1, 0.15) is 40.3 Å². The molecule has 4 rings (SSSR count). The lowest BCUT2D eigenvalue weighted by Gasteiger charge is -2.24. The van der Waals surface area contributed by atoms with Gasteiger partial charge in [0, 0.05) is 24.1 Å². The maximum atomic E-state index is 14.3. The summed E-state index contributed by atoms with van der Waals surface area (Å²) in [5, 5.41) is 7.55. The van der Waals surface area contributed by atoms with Crippen LogP contribution in [0.25, 0.3) is 0 Å². The lowest BCUT2D eigenvalue weighted by atomic mass is 9.86. The average molecular weight is 350 g/mol. The van der Waals surface area contributed by atoms with E-state index in [1.165, 1.54) is 11.8 Å². The molecule has 1 aliphatic heterocycles. The minimum absolute atomic E-state index is 0.135. The number of aromatic nitrogens is 3. The molecule has 1 aliphatic rings. The number of halogens is 1. The Labute approximate surface area is 150 Å². The number of hydrogen-bond donors (Lipinski definition) is 1. The van der Waals surface area contributed by atoms with Crippen LogP contribution in [-0.4, -0.2) is 20.7 Å². The van der Waals surface area contributed by atoms with Gasteiger partial charge >= 0.3 is 0 Å². The Balaban J connectivity index is 1.79. The maximum absolute atomic E-state index is 14.3. The van der Waals surface area contributed by atoms with Gasteiger partial charge in [-0.05, 0) is 31.0 Å². The Bertz CT molecular complexity index is 995. The van der Waals surface area contributed by atoms with E-state index in [4.69, 9.17) is 0 Å². The lowest BCUT2D eigenvalue weighted by Crippen LogP contribution is -2.25. The van der Waals surface area contributed by atoms with E-state index in [0.29, 0.717) is 17.9 Å². The third kappa shape index (κ3) is 2.87. The maximum Gasteiger partial charge on any atom is 0.226 e. The van der Waals surface area contributed by atoms with Crippen LogP contribution in [-0.2, 0) is 11.3 Å². The molecule has 3 aromatic rings. The minimum Gasteiger partial charge on any atom is -0.311 e. The summed E-state index contributed by atoms with van der Waals surface area (Å²) in [5.41, 5.74) is 4.42. The van der Waals surface area contributed by atoms with Gasteiger partial charge in [-0.3, -0.25) is 9.78 Å². The minimum atomic E-state index is -0.399. The molecule has 1 unspecified atom stereocenters. The van der Waals surface area contributed by atoms with Gasteiger partial charge in [0.15, 0.2) is 0 Å². The molecule has 0 saturated carbocycles. The number of benzene rings is 1. The molecule has 0 bridgehead atoms. The molecule has 26 heavy (non-hydrogen) atoms. The number of fused-ring (bicyclic) bond motifs is 1. The van der Waals surface area contributed by atoms with E-state index in [1.807, 2.05) is 32.0 Å². The van der Waals surface area contributed by atoms with Gasteiger partial charge in [0.05, 0.1) is 18.4 Å². The van der Waals surface area contributed by atoms with Crippen molar-refractivity contribution in [1.29, 1.82) is 0 Å². The van der Waals surface area contributed by atoms with Crippen molar-refractivity contribution in [1.82, 2.24) is 14.8 Å². The van der Waals surface area contributed by atoms with Crippen molar-refractivity contribution in [2.24, 2.45) is 0 Å². The van der Waals surface area contributed by atoms with Crippen molar-refractivity contribution >= 4 is 11.7 Å². The van der Waals surface area contributed by atoms with Gasteiger partial charge in [-0.2, -0.15) is 5.10 Å². The summed E-state index contributed by atoms with van der Waals surface area (Å²) in [6, 6.07) is 9.80.